The first kappa shape index (κ1) is 18.9. The summed E-state index contributed by atoms with van der Waals surface area (Å²) < 4.78 is 17.9. The van der Waals surface area contributed by atoms with Crippen molar-refractivity contribution in [1.29, 1.82) is 0 Å². The van der Waals surface area contributed by atoms with E-state index in [1.165, 1.54) is 12.1 Å². The Hall–Kier alpha value is -3.40. The fourth-order valence-corrected chi connectivity index (χ4v) is 3.33. The predicted octanol–water partition coefficient (Wildman–Crippen LogP) is 3.80. The highest BCUT2D eigenvalue weighted by Crippen LogP contribution is 2.24. The number of esters is 1. The maximum atomic E-state index is 12.1. The molecule has 0 aliphatic rings. The number of fused-ring (bicyclic) bond motifs is 2. The lowest BCUT2D eigenvalue weighted by Gasteiger charge is -2.04. The Morgan fingerprint density at radius 2 is 1.97 bits per heavy atom. The van der Waals surface area contributed by atoms with Gasteiger partial charge in [0.15, 0.2) is 5.58 Å². The first-order valence-corrected chi connectivity index (χ1v) is 9.31. The summed E-state index contributed by atoms with van der Waals surface area (Å²) in [5, 5.41) is 11.8. The van der Waals surface area contributed by atoms with Gasteiger partial charge in [0.1, 0.15) is 17.9 Å². The first-order chi connectivity index (χ1) is 13.9. The molecule has 2 heterocycles. The number of oxazole rings is 1. The van der Waals surface area contributed by atoms with Crippen LogP contribution in [0.25, 0.3) is 22.1 Å². The van der Waals surface area contributed by atoms with Crippen LogP contribution in [0.5, 0.6) is 0 Å². The highest BCUT2D eigenvalue weighted by atomic mass is 79.9. The van der Waals surface area contributed by atoms with Crippen LogP contribution in [0.1, 0.15) is 5.76 Å². The van der Waals surface area contributed by atoms with E-state index in [1.807, 2.05) is 24.3 Å². The summed E-state index contributed by atoms with van der Waals surface area (Å²) in [5.41, 5.74) is 0.838. The van der Waals surface area contributed by atoms with Gasteiger partial charge < -0.3 is 13.6 Å². The van der Waals surface area contributed by atoms with Gasteiger partial charge in [-0.1, -0.05) is 15.9 Å². The Bertz CT molecular complexity index is 1300. The van der Waals surface area contributed by atoms with E-state index in [0.717, 1.165) is 26.1 Å². The highest BCUT2D eigenvalue weighted by Gasteiger charge is 2.17. The van der Waals surface area contributed by atoms with Crippen LogP contribution in [0.4, 0.5) is 5.69 Å². The molecule has 10 heteroatoms. The molecule has 0 atom stereocenters. The molecule has 29 heavy (non-hydrogen) atoms. The summed E-state index contributed by atoms with van der Waals surface area (Å²) in [6.07, 6.45) is 0.380. The van der Waals surface area contributed by atoms with Gasteiger partial charge >= 0.3 is 11.7 Å². The van der Waals surface area contributed by atoms with Crippen molar-refractivity contribution in [3.05, 3.63) is 73.4 Å². The zero-order valence-corrected chi connectivity index (χ0v) is 16.4. The van der Waals surface area contributed by atoms with Crippen LogP contribution in [0, 0.1) is 10.1 Å². The second-order valence-corrected chi connectivity index (χ2v) is 7.14. The molecule has 0 saturated carbocycles. The number of rotatable bonds is 6. The van der Waals surface area contributed by atoms with Gasteiger partial charge in [0.05, 0.1) is 23.1 Å². The largest absolute Gasteiger partial charge is 0.464 e. The molecule has 0 unspecified atom stereocenters. The third kappa shape index (κ3) is 3.92. The molecule has 0 amide bonds. The van der Waals surface area contributed by atoms with Crippen LogP contribution in [-0.4, -0.2) is 22.1 Å². The van der Waals surface area contributed by atoms with Crippen LogP contribution >= 0.6 is 15.9 Å². The summed E-state index contributed by atoms with van der Waals surface area (Å²) in [6, 6.07) is 11.2. The van der Waals surface area contributed by atoms with Gasteiger partial charge in [-0.2, -0.15) is 0 Å². The van der Waals surface area contributed by atoms with Crippen molar-refractivity contribution in [2.45, 2.75) is 13.0 Å². The first-order valence-electron chi connectivity index (χ1n) is 8.52. The van der Waals surface area contributed by atoms with Crippen molar-refractivity contribution in [2.24, 2.45) is 0 Å². The summed E-state index contributed by atoms with van der Waals surface area (Å²) in [5.74, 6) is -0.753. The highest BCUT2D eigenvalue weighted by molar-refractivity contribution is 9.10. The number of hydrogen-bond donors (Lipinski definition) is 0. The summed E-state index contributed by atoms with van der Waals surface area (Å²) in [7, 11) is 0. The van der Waals surface area contributed by atoms with Gasteiger partial charge in [0.25, 0.3) is 5.69 Å². The minimum absolute atomic E-state index is 0.0328. The molecule has 4 aromatic rings. The van der Waals surface area contributed by atoms with E-state index in [-0.39, 0.29) is 29.9 Å². The number of non-ortho nitro benzene ring substituents is 1. The van der Waals surface area contributed by atoms with Crippen molar-refractivity contribution in [1.82, 2.24) is 4.57 Å². The van der Waals surface area contributed by atoms with Crippen LogP contribution in [0.3, 0.4) is 0 Å². The average molecular weight is 461 g/mol. The molecule has 148 valence electrons. The molecule has 0 aliphatic carbocycles. The molecule has 4 rings (SSSR count). The molecule has 0 spiro atoms. The van der Waals surface area contributed by atoms with Crippen LogP contribution in [-0.2, 0) is 22.5 Å². The second kappa shape index (κ2) is 7.55. The second-order valence-electron chi connectivity index (χ2n) is 6.23. The van der Waals surface area contributed by atoms with Crippen molar-refractivity contribution in [2.75, 3.05) is 6.61 Å². The van der Waals surface area contributed by atoms with E-state index in [9.17, 15) is 19.7 Å². The fourth-order valence-electron chi connectivity index (χ4n) is 2.95. The summed E-state index contributed by atoms with van der Waals surface area (Å²) in [4.78, 5) is 34.3. The summed E-state index contributed by atoms with van der Waals surface area (Å²) >= 11 is 3.40. The van der Waals surface area contributed by atoms with E-state index in [2.05, 4.69) is 15.9 Å². The van der Waals surface area contributed by atoms with Gasteiger partial charge in [-0.05, 0) is 30.3 Å². The molecule has 9 nitrogen and oxygen atoms in total. The minimum Gasteiger partial charge on any atom is -0.464 e. The van der Waals surface area contributed by atoms with E-state index in [4.69, 9.17) is 13.6 Å². The maximum Gasteiger partial charge on any atom is 0.420 e. The quantitative estimate of drug-likeness (QED) is 0.244. The number of nitro benzene ring substituents is 1. The van der Waals surface area contributed by atoms with Gasteiger partial charge in [-0.25, -0.2) is 4.79 Å². The smallest absolute Gasteiger partial charge is 0.420 e. The fraction of sp³-hybridized carbons (Fsp3) is 0.158. The molecule has 2 aromatic carbocycles. The van der Waals surface area contributed by atoms with Crippen LogP contribution in [0.2, 0.25) is 0 Å². The van der Waals surface area contributed by atoms with Gasteiger partial charge in [-0.3, -0.25) is 19.5 Å². The number of carbonyl (C=O) groups excluding carboxylic acids is 1. The number of halogens is 1. The third-order valence-corrected chi connectivity index (χ3v) is 4.78. The Morgan fingerprint density at radius 3 is 2.76 bits per heavy atom. The number of nitrogens with zero attached hydrogens (tertiary/aromatic N) is 2. The zero-order valence-electron chi connectivity index (χ0n) is 14.8. The minimum atomic E-state index is -0.791. The third-order valence-electron chi connectivity index (χ3n) is 4.29. The molecule has 0 saturated heterocycles. The van der Waals surface area contributed by atoms with Crippen molar-refractivity contribution in [3.8, 4) is 0 Å². The molecular formula is C19H13BrN2O7. The monoisotopic (exact) mass is 460 g/mol. The Labute approximate surface area is 170 Å². The molecule has 2 aromatic heterocycles. The maximum absolute atomic E-state index is 12.1. The molecule has 0 fully saturated rings. The van der Waals surface area contributed by atoms with Crippen LogP contribution in [0.15, 0.2) is 60.6 Å². The van der Waals surface area contributed by atoms with Gasteiger partial charge in [0, 0.05) is 22.3 Å². The van der Waals surface area contributed by atoms with Gasteiger partial charge in [-0.15, -0.1) is 0 Å². The van der Waals surface area contributed by atoms with E-state index < -0.39 is 16.6 Å². The predicted molar refractivity (Wildman–Crippen MR) is 106 cm³/mol. The van der Waals surface area contributed by atoms with E-state index >= 15 is 0 Å². The van der Waals surface area contributed by atoms with Gasteiger partial charge in [0.2, 0.25) is 0 Å². The van der Waals surface area contributed by atoms with Crippen molar-refractivity contribution >= 4 is 49.7 Å². The lowest BCUT2D eigenvalue weighted by molar-refractivity contribution is -0.384. The van der Waals surface area contributed by atoms with Crippen molar-refractivity contribution < 1.29 is 23.3 Å². The Balaban J connectivity index is 1.41. The van der Waals surface area contributed by atoms with Crippen molar-refractivity contribution in [3.63, 3.8) is 0 Å². The van der Waals surface area contributed by atoms with Crippen LogP contribution < -0.4 is 5.76 Å². The van der Waals surface area contributed by atoms with E-state index in [1.54, 1.807) is 0 Å². The lowest BCUT2D eigenvalue weighted by Crippen LogP contribution is -2.22. The Morgan fingerprint density at radius 1 is 1.14 bits per heavy atom. The van der Waals surface area contributed by atoms with E-state index in [0.29, 0.717) is 12.2 Å². The zero-order chi connectivity index (χ0) is 20.5. The molecule has 0 aliphatic heterocycles. The number of benzene rings is 2. The SMILES string of the molecule is O=C(Cn1c(=O)oc2cc([N+](=O)[O-])ccc21)OCCc1cc2cc(Br)ccc2o1. The number of carbonyl (C=O) groups is 1. The number of furan rings is 1. The number of ether oxygens (including phenoxy) is 1. The molecular weight excluding hydrogens is 448 g/mol. The molecule has 0 N–H and O–H groups in total. The topological polar surface area (TPSA) is 118 Å². The molecule has 0 bridgehead atoms. The molecule has 0 radical (unpaired) electrons. The normalized spacial score (nSPS) is 11.2. The number of hydrogen-bond acceptors (Lipinski definition) is 7. The number of aromatic nitrogens is 1. The average Bonchev–Trinajstić information content (AvgIpc) is 3.21. The summed E-state index contributed by atoms with van der Waals surface area (Å²) in [6.45, 7) is -0.285. The number of nitro groups is 1. The lowest BCUT2D eigenvalue weighted by atomic mass is 10.2. The Kier molecular flexibility index (Phi) is 4.93. The standard InChI is InChI=1S/C19H13BrN2O7/c20-12-1-4-16-11(7-12)8-14(28-16)5-6-27-18(23)10-21-15-3-2-13(22(25)26)9-17(15)29-19(21)24/h1-4,7-9H,5-6,10H2.